The summed E-state index contributed by atoms with van der Waals surface area (Å²) in [5.41, 5.74) is 2.39. The molecule has 0 aromatic carbocycles. The lowest BCUT2D eigenvalue weighted by Crippen LogP contribution is -2.18. The number of rotatable bonds is 5. The predicted molar refractivity (Wildman–Crippen MR) is 68.9 cm³/mol. The number of aromatic nitrogens is 2. The van der Waals surface area contributed by atoms with Crippen LogP contribution in [0.1, 0.15) is 40.3 Å². The summed E-state index contributed by atoms with van der Waals surface area (Å²) in [6.45, 7) is 4.52. The van der Waals surface area contributed by atoms with Crippen LogP contribution in [0.3, 0.4) is 0 Å². The Labute approximate surface area is 111 Å². The van der Waals surface area contributed by atoms with E-state index in [1.165, 1.54) is 12.3 Å². The summed E-state index contributed by atoms with van der Waals surface area (Å²) in [7, 11) is 1.90. The third-order valence-corrected chi connectivity index (χ3v) is 3.22. The molecule has 6 nitrogen and oxygen atoms in total. The molecule has 0 saturated carbocycles. The number of carbonyl (C=O) groups is 1. The molecule has 0 saturated heterocycles. The molecule has 0 aliphatic rings. The number of carboxylic acids is 1. The average molecular weight is 263 g/mol. The van der Waals surface area contributed by atoms with E-state index in [0.29, 0.717) is 12.3 Å². The minimum Gasteiger partial charge on any atom is -0.478 e. The second kappa shape index (κ2) is 5.27. The topological polar surface area (TPSA) is 80.3 Å². The van der Waals surface area contributed by atoms with Gasteiger partial charge in [-0.3, -0.25) is 4.68 Å². The molecule has 0 amide bonds. The number of carboxylic acid groups (broad SMARTS) is 1. The van der Waals surface area contributed by atoms with Crippen LogP contribution >= 0.6 is 0 Å². The molecule has 0 radical (unpaired) electrons. The predicted octanol–water partition coefficient (Wildman–Crippen LogP) is 1.87. The molecule has 6 heteroatoms. The fourth-order valence-electron chi connectivity index (χ4n) is 1.89. The van der Waals surface area contributed by atoms with Crippen molar-refractivity contribution < 1.29 is 14.3 Å². The standard InChI is InChI=1S/C13H17N3O3/c1-8(12-6-15-16(3)9(12)2)14-5-11-4-10(7-19-11)13(17)18/h4,6-8,14H,5H2,1-3H3,(H,17,18). The molecule has 1 unspecified atom stereocenters. The van der Waals surface area contributed by atoms with Crippen LogP contribution in [0.25, 0.3) is 0 Å². The summed E-state index contributed by atoms with van der Waals surface area (Å²) < 4.78 is 7.01. The molecule has 0 fully saturated rings. The fraction of sp³-hybridized carbons (Fsp3) is 0.385. The van der Waals surface area contributed by atoms with Crippen molar-refractivity contribution in [1.82, 2.24) is 15.1 Å². The van der Waals surface area contributed by atoms with Gasteiger partial charge in [-0.2, -0.15) is 5.10 Å². The van der Waals surface area contributed by atoms with Gasteiger partial charge in [0, 0.05) is 24.3 Å². The zero-order chi connectivity index (χ0) is 14.0. The van der Waals surface area contributed by atoms with Crippen LogP contribution in [0.15, 0.2) is 22.9 Å². The van der Waals surface area contributed by atoms with E-state index in [0.717, 1.165) is 11.3 Å². The molecule has 102 valence electrons. The summed E-state index contributed by atoms with van der Waals surface area (Å²) in [5.74, 6) is -0.378. The molecule has 2 aromatic rings. The molecule has 1 atom stereocenters. The SMILES string of the molecule is Cc1c(C(C)NCc2cc(C(=O)O)co2)cnn1C. The highest BCUT2D eigenvalue weighted by Gasteiger charge is 2.13. The number of furan rings is 1. The lowest BCUT2D eigenvalue weighted by molar-refractivity contribution is 0.0696. The Hall–Kier alpha value is -2.08. The molecular weight excluding hydrogens is 246 g/mol. The lowest BCUT2D eigenvalue weighted by atomic mass is 10.1. The van der Waals surface area contributed by atoms with Crippen LogP contribution in [0.2, 0.25) is 0 Å². The largest absolute Gasteiger partial charge is 0.478 e. The van der Waals surface area contributed by atoms with Crippen molar-refractivity contribution >= 4 is 5.97 Å². The first-order valence-corrected chi connectivity index (χ1v) is 6.01. The van der Waals surface area contributed by atoms with Crippen LogP contribution < -0.4 is 5.32 Å². The smallest absolute Gasteiger partial charge is 0.338 e. The maximum atomic E-state index is 10.7. The Morgan fingerprint density at radius 1 is 1.63 bits per heavy atom. The number of aromatic carboxylic acids is 1. The zero-order valence-corrected chi connectivity index (χ0v) is 11.2. The van der Waals surface area contributed by atoms with Gasteiger partial charge in [0.05, 0.1) is 18.3 Å². The maximum absolute atomic E-state index is 10.7. The third-order valence-electron chi connectivity index (χ3n) is 3.22. The third kappa shape index (κ3) is 2.85. The molecule has 0 aliphatic carbocycles. The van der Waals surface area contributed by atoms with Crippen LogP contribution in [0.4, 0.5) is 0 Å². The van der Waals surface area contributed by atoms with E-state index in [4.69, 9.17) is 9.52 Å². The average Bonchev–Trinajstić information content (AvgIpc) is 2.95. The van der Waals surface area contributed by atoms with Gasteiger partial charge in [-0.1, -0.05) is 0 Å². The minimum atomic E-state index is -0.980. The normalized spacial score (nSPS) is 12.6. The maximum Gasteiger partial charge on any atom is 0.338 e. The van der Waals surface area contributed by atoms with Gasteiger partial charge in [0.1, 0.15) is 12.0 Å². The van der Waals surface area contributed by atoms with Crippen LogP contribution in [0.5, 0.6) is 0 Å². The zero-order valence-electron chi connectivity index (χ0n) is 11.2. The van der Waals surface area contributed by atoms with Gasteiger partial charge in [-0.15, -0.1) is 0 Å². The van der Waals surface area contributed by atoms with Crippen LogP contribution in [-0.4, -0.2) is 20.9 Å². The van der Waals surface area contributed by atoms with E-state index < -0.39 is 5.97 Å². The second-order valence-electron chi connectivity index (χ2n) is 4.52. The summed E-state index contributed by atoms with van der Waals surface area (Å²) in [6.07, 6.45) is 3.08. The number of hydrogen-bond acceptors (Lipinski definition) is 4. The number of aryl methyl sites for hydroxylation is 1. The molecule has 19 heavy (non-hydrogen) atoms. The molecule has 2 N–H and O–H groups in total. The first kappa shape index (κ1) is 13.4. The molecular formula is C13H17N3O3. The minimum absolute atomic E-state index is 0.118. The Bertz CT molecular complexity index is 586. The van der Waals surface area contributed by atoms with E-state index in [-0.39, 0.29) is 11.6 Å². The molecule has 2 aromatic heterocycles. The van der Waals surface area contributed by atoms with Crippen molar-refractivity contribution in [1.29, 1.82) is 0 Å². The van der Waals surface area contributed by atoms with Gasteiger partial charge in [0.25, 0.3) is 0 Å². The van der Waals surface area contributed by atoms with Crippen molar-refractivity contribution in [3.8, 4) is 0 Å². The van der Waals surface area contributed by atoms with E-state index in [1.807, 2.05) is 31.8 Å². The van der Waals surface area contributed by atoms with Crippen molar-refractivity contribution in [3.05, 3.63) is 41.1 Å². The fourth-order valence-corrected chi connectivity index (χ4v) is 1.89. The van der Waals surface area contributed by atoms with E-state index in [1.54, 1.807) is 0 Å². The second-order valence-corrected chi connectivity index (χ2v) is 4.52. The van der Waals surface area contributed by atoms with E-state index in [9.17, 15) is 4.79 Å². The van der Waals surface area contributed by atoms with Gasteiger partial charge < -0.3 is 14.8 Å². The summed E-state index contributed by atoms with van der Waals surface area (Å²) >= 11 is 0. The van der Waals surface area contributed by atoms with Crippen molar-refractivity contribution in [2.45, 2.75) is 26.4 Å². The van der Waals surface area contributed by atoms with Crippen LogP contribution in [-0.2, 0) is 13.6 Å². The van der Waals surface area contributed by atoms with Crippen molar-refractivity contribution in [3.63, 3.8) is 0 Å². The highest BCUT2D eigenvalue weighted by molar-refractivity contribution is 5.87. The summed E-state index contributed by atoms with van der Waals surface area (Å²) in [6, 6.07) is 1.64. The van der Waals surface area contributed by atoms with E-state index in [2.05, 4.69) is 10.4 Å². The molecule has 0 spiro atoms. The van der Waals surface area contributed by atoms with Crippen molar-refractivity contribution in [2.75, 3.05) is 0 Å². The van der Waals surface area contributed by atoms with Gasteiger partial charge in [0.2, 0.25) is 0 Å². The summed E-state index contributed by atoms with van der Waals surface area (Å²) in [5, 5.41) is 16.3. The Morgan fingerprint density at radius 2 is 2.37 bits per heavy atom. The van der Waals surface area contributed by atoms with Crippen molar-refractivity contribution in [2.24, 2.45) is 7.05 Å². The number of nitrogens with one attached hydrogen (secondary N) is 1. The highest BCUT2D eigenvalue weighted by atomic mass is 16.4. The Balaban J connectivity index is 1.98. The molecule has 2 rings (SSSR count). The van der Waals surface area contributed by atoms with Crippen LogP contribution in [0, 0.1) is 6.92 Å². The van der Waals surface area contributed by atoms with Gasteiger partial charge in [-0.25, -0.2) is 4.79 Å². The quantitative estimate of drug-likeness (QED) is 0.860. The Morgan fingerprint density at radius 3 is 2.89 bits per heavy atom. The van der Waals surface area contributed by atoms with Gasteiger partial charge >= 0.3 is 5.97 Å². The first-order chi connectivity index (χ1) is 8.99. The summed E-state index contributed by atoms with van der Waals surface area (Å²) in [4.78, 5) is 10.7. The van der Waals surface area contributed by atoms with Gasteiger partial charge in [-0.05, 0) is 19.9 Å². The lowest BCUT2D eigenvalue weighted by Gasteiger charge is -2.12. The first-order valence-electron chi connectivity index (χ1n) is 6.01. The molecule has 2 heterocycles. The molecule has 0 bridgehead atoms. The van der Waals surface area contributed by atoms with Gasteiger partial charge in [0.15, 0.2) is 0 Å². The number of nitrogens with zero attached hydrogens (tertiary/aromatic N) is 2. The number of hydrogen-bond donors (Lipinski definition) is 2. The molecule has 0 aliphatic heterocycles. The van der Waals surface area contributed by atoms with E-state index >= 15 is 0 Å². The highest BCUT2D eigenvalue weighted by Crippen LogP contribution is 2.17. The monoisotopic (exact) mass is 263 g/mol. The Kier molecular flexibility index (Phi) is 3.71.